The minimum atomic E-state index is -0.558. The van der Waals surface area contributed by atoms with Gasteiger partial charge in [0.05, 0.1) is 13.2 Å². The molecule has 7 heteroatoms. The summed E-state index contributed by atoms with van der Waals surface area (Å²) in [6.07, 6.45) is 1.25. The molecule has 0 aliphatic carbocycles. The number of ether oxygens (including phenoxy) is 1. The Morgan fingerprint density at radius 1 is 1.50 bits per heavy atom. The number of aliphatic hydroxyl groups excluding tert-OH is 1. The summed E-state index contributed by atoms with van der Waals surface area (Å²) in [5.41, 5.74) is -0.860. The summed E-state index contributed by atoms with van der Waals surface area (Å²) in [7, 11) is 0. The molecule has 0 unspecified atom stereocenters. The molecule has 0 aliphatic heterocycles. The zero-order valence-electron chi connectivity index (χ0n) is 7.37. The van der Waals surface area contributed by atoms with E-state index in [4.69, 9.17) is 9.84 Å². The minimum absolute atomic E-state index is 0.0797. The van der Waals surface area contributed by atoms with Gasteiger partial charge in [-0.25, -0.2) is 4.79 Å². The molecule has 4 N–H and O–H groups in total. The highest BCUT2D eigenvalue weighted by Crippen LogP contribution is 1.90. The number of hydrogen-bond acceptors (Lipinski definition) is 5. The Morgan fingerprint density at radius 3 is 2.93 bits per heavy atom. The third-order valence-corrected chi connectivity index (χ3v) is 1.42. The summed E-state index contributed by atoms with van der Waals surface area (Å²) in [5.74, 6) is 0. The molecule has 0 aliphatic rings. The molecule has 0 aromatic carbocycles. The van der Waals surface area contributed by atoms with Crippen molar-refractivity contribution in [3.63, 3.8) is 0 Å². The molecule has 0 amide bonds. The lowest BCUT2D eigenvalue weighted by molar-refractivity contribution is 0.105. The molecular formula is C7H11N3O4. The van der Waals surface area contributed by atoms with Gasteiger partial charge in [0.2, 0.25) is 0 Å². The summed E-state index contributed by atoms with van der Waals surface area (Å²) in [4.78, 5) is 26.0. The van der Waals surface area contributed by atoms with Gasteiger partial charge < -0.3 is 20.1 Å². The Hall–Kier alpha value is -1.60. The van der Waals surface area contributed by atoms with E-state index in [0.717, 1.165) is 0 Å². The second-order valence-corrected chi connectivity index (χ2v) is 2.44. The first-order valence-corrected chi connectivity index (χ1v) is 3.98. The van der Waals surface area contributed by atoms with Gasteiger partial charge in [-0.2, -0.15) is 0 Å². The normalized spacial score (nSPS) is 10.1. The molecule has 0 bridgehead atoms. The second-order valence-electron chi connectivity index (χ2n) is 2.44. The number of aliphatic hydroxyl groups is 1. The summed E-state index contributed by atoms with van der Waals surface area (Å²) < 4.78 is 4.87. The van der Waals surface area contributed by atoms with Crippen molar-refractivity contribution >= 4 is 5.69 Å². The highest BCUT2D eigenvalue weighted by Gasteiger charge is 1.97. The van der Waals surface area contributed by atoms with E-state index >= 15 is 0 Å². The maximum atomic E-state index is 11.1. The molecular weight excluding hydrogens is 190 g/mol. The fraction of sp³-hybridized carbons (Fsp3) is 0.429. The summed E-state index contributed by atoms with van der Waals surface area (Å²) in [5, 5.41) is 11.0. The van der Waals surface area contributed by atoms with Crippen molar-refractivity contribution < 1.29 is 9.84 Å². The predicted molar refractivity (Wildman–Crippen MR) is 49.2 cm³/mol. The maximum absolute atomic E-state index is 11.1. The van der Waals surface area contributed by atoms with Crippen LogP contribution in [0.25, 0.3) is 0 Å². The molecule has 0 spiro atoms. The maximum Gasteiger partial charge on any atom is 0.325 e. The van der Waals surface area contributed by atoms with Crippen LogP contribution in [-0.2, 0) is 4.74 Å². The lowest BCUT2D eigenvalue weighted by Gasteiger charge is -2.04. The molecule has 0 atom stereocenters. The largest absolute Gasteiger partial charge is 0.394 e. The summed E-state index contributed by atoms with van der Waals surface area (Å²) in [6, 6.07) is 0. The number of aromatic nitrogens is 2. The molecule has 0 saturated heterocycles. The standard InChI is InChI=1S/C7H11N3O4/c11-1-2-14-4-9-5-3-8-7(13)10-6(5)12/h3,9,11H,1-2,4H2,(H2,8,10,12,13). The van der Waals surface area contributed by atoms with Gasteiger partial charge in [-0.1, -0.05) is 0 Å². The minimum Gasteiger partial charge on any atom is -0.394 e. The lowest BCUT2D eigenvalue weighted by atomic mass is 10.5. The molecule has 0 saturated carbocycles. The topological polar surface area (TPSA) is 107 Å². The van der Waals surface area contributed by atoms with Gasteiger partial charge in [-0.05, 0) is 0 Å². The van der Waals surface area contributed by atoms with Crippen LogP contribution in [0.4, 0.5) is 5.69 Å². The van der Waals surface area contributed by atoms with E-state index < -0.39 is 11.2 Å². The van der Waals surface area contributed by atoms with Gasteiger partial charge in [0.1, 0.15) is 12.4 Å². The van der Waals surface area contributed by atoms with Crippen LogP contribution in [0.1, 0.15) is 0 Å². The number of aromatic amines is 2. The number of nitrogens with one attached hydrogen (secondary N) is 3. The van der Waals surface area contributed by atoms with E-state index in [0.29, 0.717) is 0 Å². The Bertz CT molecular complexity index is 383. The first kappa shape index (κ1) is 10.5. The van der Waals surface area contributed by atoms with Crippen LogP contribution in [0.3, 0.4) is 0 Å². The second kappa shape index (κ2) is 5.20. The van der Waals surface area contributed by atoms with Gasteiger partial charge in [0.25, 0.3) is 5.56 Å². The molecule has 7 nitrogen and oxygen atoms in total. The molecule has 1 rings (SSSR count). The Morgan fingerprint density at radius 2 is 2.29 bits per heavy atom. The third kappa shape index (κ3) is 3.04. The van der Waals surface area contributed by atoms with Gasteiger partial charge in [-0.3, -0.25) is 9.78 Å². The molecule has 1 aromatic rings. The van der Waals surface area contributed by atoms with E-state index in [2.05, 4.69) is 10.3 Å². The Balaban J connectivity index is 2.51. The first-order valence-electron chi connectivity index (χ1n) is 3.98. The monoisotopic (exact) mass is 201 g/mol. The fourth-order valence-electron chi connectivity index (χ4n) is 0.807. The molecule has 0 fully saturated rings. The van der Waals surface area contributed by atoms with Crippen molar-refractivity contribution in [2.75, 3.05) is 25.3 Å². The first-order chi connectivity index (χ1) is 6.74. The van der Waals surface area contributed by atoms with Crippen LogP contribution in [0, 0.1) is 0 Å². The van der Waals surface area contributed by atoms with Crippen molar-refractivity contribution in [1.82, 2.24) is 9.97 Å². The van der Waals surface area contributed by atoms with Crippen LogP contribution >= 0.6 is 0 Å². The van der Waals surface area contributed by atoms with Crippen molar-refractivity contribution in [1.29, 1.82) is 0 Å². The SMILES string of the molecule is O=c1[nH]cc(NCOCCO)c(=O)[nH]1. The number of H-pyrrole nitrogens is 2. The molecule has 1 aromatic heterocycles. The number of hydrogen-bond donors (Lipinski definition) is 4. The molecule has 0 radical (unpaired) electrons. The Kier molecular flexibility index (Phi) is 3.89. The van der Waals surface area contributed by atoms with Gasteiger partial charge >= 0.3 is 5.69 Å². The van der Waals surface area contributed by atoms with E-state index in [9.17, 15) is 9.59 Å². The van der Waals surface area contributed by atoms with Crippen LogP contribution in [0.15, 0.2) is 15.8 Å². The van der Waals surface area contributed by atoms with Crippen molar-refractivity contribution in [2.45, 2.75) is 0 Å². The van der Waals surface area contributed by atoms with Crippen molar-refractivity contribution in [3.05, 3.63) is 27.0 Å². The van der Waals surface area contributed by atoms with Crippen LogP contribution in [0.5, 0.6) is 0 Å². The number of anilines is 1. The highest BCUT2D eigenvalue weighted by atomic mass is 16.5. The van der Waals surface area contributed by atoms with Crippen LogP contribution in [-0.4, -0.2) is 35.0 Å². The van der Waals surface area contributed by atoms with E-state index in [1.807, 2.05) is 4.98 Å². The summed E-state index contributed by atoms with van der Waals surface area (Å²) >= 11 is 0. The fourth-order valence-corrected chi connectivity index (χ4v) is 0.807. The van der Waals surface area contributed by atoms with Crippen molar-refractivity contribution in [3.8, 4) is 0 Å². The van der Waals surface area contributed by atoms with Crippen LogP contribution in [0.2, 0.25) is 0 Å². The van der Waals surface area contributed by atoms with E-state index in [1.165, 1.54) is 6.20 Å². The zero-order valence-corrected chi connectivity index (χ0v) is 7.37. The van der Waals surface area contributed by atoms with Gasteiger partial charge in [0.15, 0.2) is 0 Å². The predicted octanol–water partition coefficient (Wildman–Crippen LogP) is -1.56. The Labute approximate surface area is 78.7 Å². The molecule has 14 heavy (non-hydrogen) atoms. The quantitative estimate of drug-likeness (QED) is 0.340. The number of rotatable bonds is 5. The van der Waals surface area contributed by atoms with Gasteiger partial charge in [-0.15, -0.1) is 0 Å². The van der Waals surface area contributed by atoms with Crippen LogP contribution < -0.4 is 16.6 Å². The third-order valence-electron chi connectivity index (χ3n) is 1.42. The van der Waals surface area contributed by atoms with E-state index in [1.54, 1.807) is 0 Å². The average Bonchev–Trinajstić information content (AvgIpc) is 2.15. The molecule has 1 heterocycles. The molecule has 78 valence electrons. The van der Waals surface area contributed by atoms with Crippen molar-refractivity contribution in [2.24, 2.45) is 0 Å². The highest BCUT2D eigenvalue weighted by molar-refractivity contribution is 5.36. The average molecular weight is 201 g/mol. The lowest BCUT2D eigenvalue weighted by Crippen LogP contribution is -2.25. The summed E-state index contributed by atoms with van der Waals surface area (Å²) in [6.45, 7) is 0.202. The van der Waals surface area contributed by atoms with E-state index in [-0.39, 0.29) is 25.6 Å². The van der Waals surface area contributed by atoms with Gasteiger partial charge in [0, 0.05) is 6.20 Å². The zero-order chi connectivity index (χ0) is 10.4. The smallest absolute Gasteiger partial charge is 0.325 e.